The van der Waals surface area contributed by atoms with Crippen molar-refractivity contribution in [1.29, 1.82) is 0 Å². The van der Waals surface area contributed by atoms with Gasteiger partial charge < -0.3 is 34.6 Å². The summed E-state index contributed by atoms with van der Waals surface area (Å²) in [6, 6.07) is 5.39. The van der Waals surface area contributed by atoms with E-state index in [1.165, 1.54) is 19.1 Å². The van der Waals surface area contributed by atoms with E-state index in [0.29, 0.717) is 0 Å². The minimum absolute atomic E-state index is 0.109. The van der Waals surface area contributed by atoms with Gasteiger partial charge in [-0.2, -0.15) is 5.23 Å². The molecule has 6 atom stereocenters. The number of amides is 1. The van der Waals surface area contributed by atoms with E-state index in [2.05, 4.69) is 5.32 Å². The molecular formula is C18H26N2O8. The van der Waals surface area contributed by atoms with E-state index >= 15 is 0 Å². The maximum Gasteiger partial charge on any atom is 0.217 e. The van der Waals surface area contributed by atoms with Gasteiger partial charge in [0, 0.05) is 19.1 Å². The molecule has 28 heavy (non-hydrogen) atoms. The van der Waals surface area contributed by atoms with Gasteiger partial charge >= 0.3 is 0 Å². The van der Waals surface area contributed by atoms with Gasteiger partial charge in [-0.1, -0.05) is 12.1 Å². The fourth-order valence-electron chi connectivity index (χ4n) is 3.30. The van der Waals surface area contributed by atoms with E-state index < -0.39 is 41.7 Å². The van der Waals surface area contributed by atoms with Crippen molar-refractivity contribution in [1.82, 2.24) is 5.32 Å². The number of quaternary nitrogens is 1. The van der Waals surface area contributed by atoms with Crippen LogP contribution in [0.1, 0.15) is 26.3 Å². The summed E-state index contributed by atoms with van der Waals surface area (Å²) in [6.07, 6.45) is -3.19. The van der Waals surface area contributed by atoms with Crippen molar-refractivity contribution in [2.75, 3.05) is 6.61 Å². The largest absolute Gasteiger partial charge is 0.595 e. The lowest BCUT2D eigenvalue weighted by molar-refractivity contribution is -0.991. The summed E-state index contributed by atoms with van der Waals surface area (Å²) in [5, 5.41) is 32.3. The van der Waals surface area contributed by atoms with Crippen LogP contribution in [0.15, 0.2) is 24.3 Å². The van der Waals surface area contributed by atoms with Crippen molar-refractivity contribution < 1.29 is 39.3 Å². The zero-order chi connectivity index (χ0) is 20.5. The third-order valence-electron chi connectivity index (χ3n) is 4.67. The zero-order valence-electron chi connectivity index (χ0n) is 16.0. The monoisotopic (exact) mass is 398 g/mol. The number of nitrogens with one attached hydrogen (secondary N) is 2. The van der Waals surface area contributed by atoms with E-state index in [-0.39, 0.29) is 24.8 Å². The van der Waals surface area contributed by atoms with Crippen LogP contribution >= 0.6 is 0 Å². The van der Waals surface area contributed by atoms with Gasteiger partial charge in [-0.05, 0) is 19.4 Å². The molecule has 3 rings (SSSR count). The third-order valence-corrected chi connectivity index (χ3v) is 4.67. The predicted molar refractivity (Wildman–Crippen MR) is 94.2 cm³/mol. The second-order valence-corrected chi connectivity index (χ2v) is 7.37. The number of aliphatic hydroxyl groups is 1. The molecule has 0 saturated carbocycles. The van der Waals surface area contributed by atoms with Gasteiger partial charge in [0.25, 0.3) is 0 Å². The van der Waals surface area contributed by atoms with Gasteiger partial charge in [0.15, 0.2) is 17.8 Å². The van der Waals surface area contributed by atoms with Crippen LogP contribution in [-0.2, 0) is 30.3 Å². The molecule has 0 aliphatic carbocycles. The van der Waals surface area contributed by atoms with Crippen molar-refractivity contribution in [3.63, 3.8) is 0 Å². The third kappa shape index (κ3) is 4.85. The van der Waals surface area contributed by atoms with Crippen LogP contribution in [0.5, 0.6) is 0 Å². The van der Waals surface area contributed by atoms with Crippen molar-refractivity contribution >= 4 is 11.6 Å². The van der Waals surface area contributed by atoms with Gasteiger partial charge in [0.05, 0.1) is 13.2 Å². The maximum absolute atomic E-state index is 11.6. The summed E-state index contributed by atoms with van der Waals surface area (Å²) in [7, 11) is 0. The topological polar surface area (TPSA) is 134 Å². The summed E-state index contributed by atoms with van der Waals surface area (Å²) >= 11 is 0. The van der Waals surface area contributed by atoms with Crippen LogP contribution in [0.4, 0.5) is 5.69 Å². The number of carbonyl (C=O) groups excluding carboxylic acids is 1. The molecule has 10 heteroatoms. The Bertz CT molecular complexity index is 681. The Hall–Kier alpha value is -1.63. The number of carbonyl (C=O) groups is 1. The highest BCUT2D eigenvalue weighted by molar-refractivity contribution is 5.73. The molecule has 0 bridgehead atoms. The molecule has 0 spiro atoms. The van der Waals surface area contributed by atoms with Crippen molar-refractivity contribution in [2.45, 2.75) is 63.8 Å². The van der Waals surface area contributed by atoms with Crippen LogP contribution in [0.2, 0.25) is 0 Å². The normalized spacial score (nSPS) is 33.0. The Kier molecular flexibility index (Phi) is 6.32. The quantitative estimate of drug-likeness (QED) is 0.481. The van der Waals surface area contributed by atoms with Gasteiger partial charge in [0.2, 0.25) is 5.91 Å². The molecule has 2 aliphatic rings. The highest BCUT2D eigenvalue weighted by atomic mass is 16.8. The Morgan fingerprint density at radius 2 is 2.07 bits per heavy atom. The number of hydrogen-bond acceptors (Lipinski definition) is 8. The smallest absolute Gasteiger partial charge is 0.217 e. The first kappa shape index (κ1) is 21.1. The number of ether oxygens (including phenoxy) is 4. The van der Waals surface area contributed by atoms with Crippen LogP contribution in [0, 0.1) is 5.21 Å². The number of fused-ring (bicyclic) bond motifs is 1. The summed E-state index contributed by atoms with van der Waals surface area (Å²) in [6.45, 7) is 5.15. The molecule has 2 aliphatic heterocycles. The molecule has 2 heterocycles. The average molecular weight is 398 g/mol. The number of rotatable bonds is 5. The molecule has 0 radical (unpaired) electrons. The summed E-state index contributed by atoms with van der Waals surface area (Å²) < 4.78 is 23.1. The fraction of sp³-hybridized carbons (Fsp3) is 0.611. The lowest BCUT2D eigenvalue weighted by Crippen LogP contribution is -2.99. The highest BCUT2D eigenvalue weighted by Crippen LogP contribution is 2.33. The molecule has 2 fully saturated rings. The van der Waals surface area contributed by atoms with Gasteiger partial charge in [0.1, 0.15) is 24.4 Å². The van der Waals surface area contributed by atoms with Crippen LogP contribution in [-0.4, -0.2) is 59.3 Å². The first-order chi connectivity index (χ1) is 13.2. The number of benzene rings is 1. The van der Waals surface area contributed by atoms with E-state index in [1.54, 1.807) is 26.0 Å². The molecule has 0 aromatic heterocycles. The molecular weight excluding hydrogens is 372 g/mol. The Morgan fingerprint density at radius 1 is 1.39 bits per heavy atom. The fourth-order valence-corrected chi connectivity index (χ4v) is 3.30. The van der Waals surface area contributed by atoms with E-state index in [9.17, 15) is 15.1 Å². The van der Waals surface area contributed by atoms with E-state index in [0.717, 1.165) is 5.56 Å². The second kappa shape index (κ2) is 8.39. The first-order valence-electron chi connectivity index (χ1n) is 9.02. The Balaban J connectivity index is 1.70. The molecule has 1 aromatic rings. The summed E-state index contributed by atoms with van der Waals surface area (Å²) in [4.78, 5) is 11.6. The summed E-state index contributed by atoms with van der Waals surface area (Å²) in [5.41, 5.74) is 0.898. The minimum atomic E-state index is -1.05. The molecule has 1 amide bonds. The second-order valence-electron chi connectivity index (χ2n) is 7.37. The molecule has 2 saturated heterocycles. The van der Waals surface area contributed by atoms with Crippen molar-refractivity contribution in [2.24, 2.45) is 0 Å². The molecule has 1 aromatic carbocycles. The average Bonchev–Trinajstić information content (AvgIpc) is 2.63. The van der Waals surface area contributed by atoms with E-state index in [4.69, 9.17) is 24.2 Å². The van der Waals surface area contributed by atoms with Crippen LogP contribution < -0.4 is 10.5 Å². The SMILES string of the molecule is CC(=O)N[C@H]1[C@@H](OCc2ccc([NH+]([O-])O)cc2)O[C@@H]2COC(C)(C)O[C@H]2[C@H]1O. The molecule has 1 unspecified atom stereocenters. The number of hydrogen-bond donors (Lipinski definition) is 4. The van der Waals surface area contributed by atoms with Crippen molar-refractivity contribution in [3.05, 3.63) is 35.0 Å². The number of aliphatic hydroxyl groups excluding tert-OH is 1. The molecule has 4 N–H and O–H groups in total. The standard InChI is InChI=1S/C18H26N2O8/c1-10(21)19-14-15(22)16-13(9-26-18(2,3)28-16)27-17(14)25-8-11-4-6-12(7-5-11)20(23)24/h4-7,13-17,20,22-23H,8-9H2,1-3H3,(H,19,21)/t13-,14-,15+,16-,17+/m1/s1. The molecule has 10 nitrogen and oxygen atoms in total. The van der Waals surface area contributed by atoms with Crippen molar-refractivity contribution in [3.8, 4) is 0 Å². The van der Waals surface area contributed by atoms with Gasteiger partial charge in [-0.25, -0.2) is 5.21 Å². The predicted octanol–water partition coefficient (Wildman–Crippen LogP) is -0.651. The van der Waals surface area contributed by atoms with Gasteiger partial charge in [-0.15, -0.1) is 0 Å². The first-order valence-corrected chi connectivity index (χ1v) is 9.02. The Morgan fingerprint density at radius 3 is 2.68 bits per heavy atom. The van der Waals surface area contributed by atoms with E-state index in [1.807, 2.05) is 0 Å². The maximum atomic E-state index is 11.6. The lowest BCUT2D eigenvalue weighted by atomic mass is 9.95. The van der Waals surface area contributed by atoms with Crippen LogP contribution in [0.3, 0.4) is 0 Å². The van der Waals surface area contributed by atoms with Crippen LogP contribution in [0.25, 0.3) is 0 Å². The lowest BCUT2D eigenvalue weighted by Gasteiger charge is -2.49. The molecule has 156 valence electrons. The van der Waals surface area contributed by atoms with Gasteiger partial charge in [-0.3, -0.25) is 4.79 Å². The Labute approximate surface area is 162 Å². The minimum Gasteiger partial charge on any atom is -0.595 e. The highest BCUT2D eigenvalue weighted by Gasteiger charge is 2.51. The zero-order valence-corrected chi connectivity index (χ0v) is 16.0. The summed E-state index contributed by atoms with van der Waals surface area (Å²) in [5.74, 6) is -1.21.